The molecule has 0 amide bonds. The predicted molar refractivity (Wildman–Crippen MR) is 79.2 cm³/mol. The Bertz CT molecular complexity index is 516. The monoisotopic (exact) mass is 277 g/mol. The molecule has 0 aliphatic heterocycles. The summed E-state index contributed by atoms with van der Waals surface area (Å²) in [6.45, 7) is 5.71. The number of phenolic OH excluding ortho intramolecular Hbond substituents is 1. The normalized spacial score (nSPS) is 13.5. The Morgan fingerprint density at radius 2 is 2.00 bits per heavy atom. The van der Waals surface area contributed by atoms with Crippen LogP contribution in [0.2, 0.25) is 0 Å². The molecule has 1 rings (SSSR count). The van der Waals surface area contributed by atoms with Crippen LogP contribution in [0.4, 0.5) is 4.39 Å². The van der Waals surface area contributed by atoms with Crippen LogP contribution in [0.5, 0.6) is 5.75 Å². The second-order valence-corrected chi connectivity index (χ2v) is 4.32. The third-order valence-electron chi connectivity index (χ3n) is 2.81. The zero-order valence-corrected chi connectivity index (χ0v) is 12.1. The number of allylic oxidation sites excluding steroid dienone is 3. The molecule has 0 atom stereocenters. The highest BCUT2D eigenvalue weighted by Gasteiger charge is 1.99. The fourth-order valence-electron chi connectivity index (χ4n) is 1.34. The molecule has 1 aromatic rings. The SMILES string of the molecule is C/C=C(/N=C\C(F)=C(\C)CC)OCc1ccc(O)cc1. The standard InChI is InChI=1S/C16H20FNO2/c1-4-12(3)15(17)10-18-16(5-2)20-11-13-6-8-14(19)9-7-13/h5-10,19H,4,11H2,1-3H3/b15-12+,16-5-,18-10-. The van der Waals surface area contributed by atoms with Crippen molar-refractivity contribution in [2.45, 2.75) is 33.8 Å². The summed E-state index contributed by atoms with van der Waals surface area (Å²) in [7, 11) is 0. The van der Waals surface area contributed by atoms with E-state index in [1.54, 1.807) is 44.2 Å². The van der Waals surface area contributed by atoms with Crippen LogP contribution in [0, 0.1) is 0 Å². The highest BCUT2D eigenvalue weighted by Crippen LogP contribution is 2.13. The summed E-state index contributed by atoms with van der Waals surface area (Å²) in [5.74, 6) is 0.234. The molecule has 0 unspecified atom stereocenters. The van der Waals surface area contributed by atoms with Gasteiger partial charge in [0.15, 0.2) is 0 Å². The number of ether oxygens (including phenoxy) is 1. The number of aliphatic imine (C=N–C) groups is 1. The molecule has 0 spiro atoms. The number of halogens is 1. The lowest BCUT2D eigenvalue weighted by molar-refractivity contribution is 0.196. The zero-order chi connectivity index (χ0) is 15.0. The van der Waals surface area contributed by atoms with Crippen molar-refractivity contribution in [3.05, 3.63) is 53.2 Å². The third-order valence-corrected chi connectivity index (χ3v) is 2.81. The summed E-state index contributed by atoms with van der Waals surface area (Å²) in [6.07, 6.45) is 3.49. The van der Waals surface area contributed by atoms with Crippen molar-refractivity contribution in [2.75, 3.05) is 0 Å². The van der Waals surface area contributed by atoms with Crippen LogP contribution in [-0.4, -0.2) is 11.3 Å². The number of hydrogen-bond donors (Lipinski definition) is 1. The molecular weight excluding hydrogens is 257 g/mol. The van der Waals surface area contributed by atoms with Crippen LogP contribution < -0.4 is 0 Å². The molecule has 4 heteroatoms. The van der Waals surface area contributed by atoms with Crippen LogP contribution in [0.1, 0.15) is 32.8 Å². The summed E-state index contributed by atoms with van der Waals surface area (Å²) >= 11 is 0. The van der Waals surface area contributed by atoms with E-state index >= 15 is 0 Å². The maximum Gasteiger partial charge on any atom is 0.209 e. The minimum atomic E-state index is -0.333. The molecule has 1 aromatic carbocycles. The fraction of sp³-hybridized carbons (Fsp3) is 0.312. The Hall–Kier alpha value is -2.10. The molecule has 0 aliphatic rings. The molecule has 0 fully saturated rings. The third kappa shape index (κ3) is 5.26. The first-order valence-corrected chi connectivity index (χ1v) is 6.53. The minimum Gasteiger partial charge on any atom is -0.508 e. The first-order chi connectivity index (χ1) is 9.56. The van der Waals surface area contributed by atoms with Gasteiger partial charge in [-0.2, -0.15) is 0 Å². The molecule has 0 bridgehead atoms. The molecule has 0 heterocycles. The molecule has 0 saturated heterocycles. The van der Waals surface area contributed by atoms with E-state index in [1.165, 1.54) is 6.21 Å². The summed E-state index contributed by atoms with van der Waals surface area (Å²) in [6, 6.07) is 6.69. The van der Waals surface area contributed by atoms with Gasteiger partial charge < -0.3 is 9.84 Å². The molecular formula is C16H20FNO2. The van der Waals surface area contributed by atoms with Gasteiger partial charge >= 0.3 is 0 Å². The highest BCUT2D eigenvalue weighted by atomic mass is 19.1. The van der Waals surface area contributed by atoms with Crippen molar-refractivity contribution in [3.63, 3.8) is 0 Å². The number of hydrogen-bond acceptors (Lipinski definition) is 3. The Kier molecular flexibility index (Phi) is 6.50. The number of aromatic hydroxyl groups is 1. The molecule has 20 heavy (non-hydrogen) atoms. The quantitative estimate of drug-likeness (QED) is 0.614. The Morgan fingerprint density at radius 3 is 2.55 bits per heavy atom. The van der Waals surface area contributed by atoms with Crippen molar-refractivity contribution in [1.82, 2.24) is 0 Å². The molecule has 0 aliphatic carbocycles. The van der Waals surface area contributed by atoms with E-state index in [1.807, 2.05) is 6.92 Å². The predicted octanol–water partition coefficient (Wildman–Crippen LogP) is 4.49. The van der Waals surface area contributed by atoms with E-state index in [-0.39, 0.29) is 11.6 Å². The van der Waals surface area contributed by atoms with Gasteiger partial charge in [0, 0.05) is 0 Å². The van der Waals surface area contributed by atoms with Crippen LogP contribution in [-0.2, 0) is 11.3 Å². The van der Waals surface area contributed by atoms with Crippen molar-refractivity contribution in [1.29, 1.82) is 0 Å². The second-order valence-electron chi connectivity index (χ2n) is 4.32. The Morgan fingerprint density at radius 1 is 1.35 bits per heavy atom. The summed E-state index contributed by atoms with van der Waals surface area (Å²) in [4.78, 5) is 3.98. The number of benzene rings is 1. The zero-order valence-electron chi connectivity index (χ0n) is 12.1. The van der Waals surface area contributed by atoms with Gasteiger partial charge in [-0.15, -0.1) is 0 Å². The number of nitrogens with zero attached hydrogens (tertiary/aromatic N) is 1. The van der Waals surface area contributed by atoms with Crippen molar-refractivity contribution in [2.24, 2.45) is 4.99 Å². The molecule has 1 N–H and O–H groups in total. The Labute approximate surface area is 119 Å². The van der Waals surface area contributed by atoms with E-state index in [2.05, 4.69) is 4.99 Å². The molecule has 0 radical (unpaired) electrons. The maximum absolute atomic E-state index is 13.5. The Balaban J connectivity index is 2.61. The lowest BCUT2D eigenvalue weighted by atomic mass is 10.2. The first kappa shape index (κ1) is 16.0. The lowest BCUT2D eigenvalue weighted by Crippen LogP contribution is -1.93. The summed E-state index contributed by atoms with van der Waals surface area (Å²) in [5.41, 5.74) is 1.56. The highest BCUT2D eigenvalue weighted by molar-refractivity contribution is 5.77. The summed E-state index contributed by atoms with van der Waals surface area (Å²) < 4.78 is 19.0. The summed E-state index contributed by atoms with van der Waals surface area (Å²) in [5, 5.41) is 9.18. The van der Waals surface area contributed by atoms with E-state index < -0.39 is 0 Å². The second kappa shape index (κ2) is 8.15. The maximum atomic E-state index is 13.5. The van der Waals surface area contributed by atoms with E-state index in [0.29, 0.717) is 24.5 Å². The minimum absolute atomic E-state index is 0.209. The smallest absolute Gasteiger partial charge is 0.209 e. The molecule has 108 valence electrons. The fourth-order valence-corrected chi connectivity index (χ4v) is 1.34. The largest absolute Gasteiger partial charge is 0.508 e. The van der Waals surface area contributed by atoms with Crippen molar-refractivity contribution < 1.29 is 14.2 Å². The average molecular weight is 277 g/mol. The number of rotatable bonds is 6. The molecule has 3 nitrogen and oxygen atoms in total. The van der Waals surface area contributed by atoms with Crippen LogP contribution in [0.15, 0.2) is 52.6 Å². The topological polar surface area (TPSA) is 41.8 Å². The van der Waals surface area contributed by atoms with Crippen LogP contribution >= 0.6 is 0 Å². The van der Waals surface area contributed by atoms with Crippen LogP contribution in [0.25, 0.3) is 0 Å². The molecule has 0 aromatic heterocycles. The number of phenols is 1. The first-order valence-electron chi connectivity index (χ1n) is 6.53. The van der Waals surface area contributed by atoms with E-state index in [0.717, 1.165) is 5.56 Å². The van der Waals surface area contributed by atoms with E-state index in [4.69, 9.17) is 4.74 Å². The van der Waals surface area contributed by atoms with Gasteiger partial charge in [0.1, 0.15) is 18.2 Å². The van der Waals surface area contributed by atoms with Gasteiger partial charge in [-0.3, -0.25) is 0 Å². The average Bonchev–Trinajstić information content (AvgIpc) is 2.48. The van der Waals surface area contributed by atoms with Crippen molar-refractivity contribution >= 4 is 6.21 Å². The van der Waals surface area contributed by atoms with Crippen molar-refractivity contribution in [3.8, 4) is 5.75 Å². The molecule has 0 saturated carbocycles. The van der Waals surface area contributed by atoms with Gasteiger partial charge in [-0.1, -0.05) is 19.1 Å². The van der Waals surface area contributed by atoms with E-state index in [9.17, 15) is 9.50 Å². The van der Waals surface area contributed by atoms with Gasteiger partial charge in [-0.25, -0.2) is 9.38 Å². The van der Waals surface area contributed by atoms with Gasteiger partial charge in [0.25, 0.3) is 0 Å². The van der Waals surface area contributed by atoms with Gasteiger partial charge in [0.2, 0.25) is 5.88 Å². The van der Waals surface area contributed by atoms with Gasteiger partial charge in [-0.05, 0) is 49.6 Å². The lowest BCUT2D eigenvalue weighted by Gasteiger charge is -2.06. The van der Waals surface area contributed by atoms with Crippen LogP contribution in [0.3, 0.4) is 0 Å². The van der Waals surface area contributed by atoms with Gasteiger partial charge in [0.05, 0.1) is 6.21 Å².